The van der Waals surface area contributed by atoms with Crippen molar-refractivity contribution in [3.05, 3.63) is 82.4 Å². The van der Waals surface area contributed by atoms with Crippen LogP contribution in [0.25, 0.3) is 11.1 Å². The molecule has 0 unspecified atom stereocenters. The smallest absolute Gasteiger partial charge is 0.306 e. The topological polar surface area (TPSA) is 48.4 Å². The Morgan fingerprint density at radius 1 is 1.16 bits per heavy atom. The number of alkyl halides is 1. The summed E-state index contributed by atoms with van der Waals surface area (Å²) >= 11 is 11.6. The Labute approximate surface area is 190 Å². The fourth-order valence-electron chi connectivity index (χ4n) is 3.20. The number of pyridine rings is 1. The van der Waals surface area contributed by atoms with Crippen molar-refractivity contribution in [2.24, 2.45) is 0 Å². The Morgan fingerprint density at radius 3 is 2.68 bits per heavy atom. The zero-order chi connectivity index (χ0) is 22.2. The van der Waals surface area contributed by atoms with Gasteiger partial charge in [0.25, 0.3) is 0 Å². The van der Waals surface area contributed by atoms with E-state index in [2.05, 4.69) is 4.98 Å². The van der Waals surface area contributed by atoms with Crippen LogP contribution >= 0.6 is 23.2 Å². The molecule has 0 fully saturated rings. The monoisotopic (exact) mass is 461 g/mol. The van der Waals surface area contributed by atoms with Crippen LogP contribution in [0.1, 0.15) is 23.2 Å². The van der Waals surface area contributed by atoms with Crippen molar-refractivity contribution < 1.29 is 18.7 Å². The van der Waals surface area contributed by atoms with E-state index in [1.165, 1.54) is 7.11 Å². The van der Waals surface area contributed by atoms with Gasteiger partial charge in [-0.15, -0.1) is 11.6 Å². The molecule has 0 aliphatic carbocycles. The average molecular weight is 462 g/mol. The molecule has 2 aromatic carbocycles. The maximum absolute atomic E-state index is 15.4. The normalized spacial score (nSPS) is 10.7. The predicted molar refractivity (Wildman–Crippen MR) is 120 cm³/mol. The first-order valence-corrected chi connectivity index (χ1v) is 10.7. The summed E-state index contributed by atoms with van der Waals surface area (Å²) in [5.41, 5.74) is 3.17. The minimum absolute atomic E-state index is 0.206. The lowest BCUT2D eigenvalue weighted by Gasteiger charge is -2.14. The highest BCUT2D eigenvalue weighted by molar-refractivity contribution is 6.30. The van der Waals surface area contributed by atoms with Gasteiger partial charge in [0, 0.05) is 29.8 Å². The Morgan fingerprint density at radius 2 is 2.00 bits per heavy atom. The van der Waals surface area contributed by atoms with E-state index >= 15 is 4.39 Å². The van der Waals surface area contributed by atoms with Gasteiger partial charge in [-0.3, -0.25) is 9.78 Å². The molecule has 3 aromatic rings. The van der Waals surface area contributed by atoms with Crippen LogP contribution in [0.5, 0.6) is 5.75 Å². The van der Waals surface area contributed by atoms with Crippen molar-refractivity contribution in [2.75, 3.05) is 19.6 Å². The molecule has 0 bridgehead atoms. The zero-order valence-corrected chi connectivity index (χ0v) is 18.5. The van der Waals surface area contributed by atoms with Crippen molar-refractivity contribution >= 4 is 29.2 Å². The van der Waals surface area contributed by atoms with E-state index in [0.29, 0.717) is 40.3 Å². The summed E-state index contributed by atoms with van der Waals surface area (Å²) in [4.78, 5) is 16.0. The maximum atomic E-state index is 15.4. The molecule has 0 atom stereocenters. The van der Waals surface area contributed by atoms with E-state index in [9.17, 15) is 4.79 Å². The fraction of sp³-hybridized carbons (Fsp3) is 0.250. The summed E-state index contributed by atoms with van der Waals surface area (Å²) in [6.07, 6.45) is 2.77. The van der Waals surface area contributed by atoms with Gasteiger partial charge in [0.2, 0.25) is 0 Å². The van der Waals surface area contributed by atoms with Crippen molar-refractivity contribution in [1.29, 1.82) is 0 Å². The SMILES string of the molecule is COc1ccc(Cc2ccc(CCC(=O)OCCCl)nc2)c(F)c1-c1cccc(Cl)c1. The summed E-state index contributed by atoms with van der Waals surface area (Å²) in [6, 6.07) is 14.2. The third-order valence-electron chi connectivity index (χ3n) is 4.72. The van der Waals surface area contributed by atoms with Crippen molar-refractivity contribution in [2.45, 2.75) is 19.3 Å². The number of aryl methyl sites for hydroxylation is 1. The number of benzene rings is 2. The van der Waals surface area contributed by atoms with Crippen LogP contribution in [0.2, 0.25) is 5.02 Å². The molecule has 0 spiro atoms. The van der Waals surface area contributed by atoms with Crippen molar-refractivity contribution in [3.8, 4) is 16.9 Å². The maximum Gasteiger partial charge on any atom is 0.306 e. The molecule has 4 nitrogen and oxygen atoms in total. The van der Waals surface area contributed by atoms with E-state index in [0.717, 1.165) is 11.3 Å². The number of esters is 1. The van der Waals surface area contributed by atoms with E-state index in [1.807, 2.05) is 12.1 Å². The molecule has 0 saturated heterocycles. The Kier molecular flexibility index (Phi) is 8.27. The van der Waals surface area contributed by atoms with Gasteiger partial charge < -0.3 is 9.47 Å². The quantitative estimate of drug-likeness (QED) is 0.296. The van der Waals surface area contributed by atoms with Crippen LogP contribution in [-0.2, 0) is 22.4 Å². The largest absolute Gasteiger partial charge is 0.496 e. The number of hydrogen-bond acceptors (Lipinski definition) is 4. The first-order chi connectivity index (χ1) is 15.0. The number of rotatable bonds is 9. The number of methoxy groups -OCH3 is 1. The van der Waals surface area contributed by atoms with E-state index < -0.39 is 0 Å². The Hall–Kier alpha value is -2.63. The molecule has 0 aliphatic heterocycles. The van der Waals surface area contributed by atoms with Gasteiger partial charge in [0.15, 0.2) is 0 Å². The minimum atomic E-state index is -0.354. The van der Waals surface area contributed by atoms with Crippen molar-refractivity contribution in [1.82, 2.24) is 4.98 Å². The third kappa shape index (κ3) is 6.18. The second kappa shape index (κ2) is 11.1. The van der Waals surface area contributed by atoms with Gasteiger partial charge in [-0.2, -0.15) is 0 Å². The lowest BCUT2D eigenvalue weighted by molar-refractivity contribution is -0.142. The summed E-state index contributed by atoms with van der Waals surface area (Å²) in [7, 11) is 1.51. The van der Waals surface area contributed by atoms with Gasteiger partial charge in [0.1, 0.15) is 18.2 Å². The highest BCUT2D eigenvalue weighted by atomic mass is 35.5. The van der Waals surface area contributed by atoms with Crippen LogP contribution in [0.3, 0.4) is 0 Å². The molecule has 1 aromatic heterocycles. The first-order valence-electron chi connectivity index (χ1n) is 9.78. The number of nitrogens with zero attached hydrogens (tertiary/aromatic N) is 1. The zero-order valence-electron chi connectivity index (χ0n) is 17.0. The molecule has 0 aliphatic rings. The van der Waals surface area contributed by atoms with E-state index in [1.54, 1.807) is 42.6 Å². The van der Waals surface area contributed by atoms with Crippen LogP contribution in [-0.4, -0.2) is 30.5 Å². The highest BCUT2D eigenvalue weighted by Crippen LogP contribution is 2.36. The highest BCUT2D eigenvalue weighted by Gasteiger charge is 2.17. The average Bonchev–Trinajstić information content (AvgIpc) is 2.78. The van der Waals surface area contributed by atoms with Crippen LogP contribution in [0.4, 0.5) is 4.39 Å². The predicted octanol–water partition coefficient (Wildman–Crippen LogP) is 5.86. The van der Waals surface area contributed by atoms with Crippen LogP contribution in [0, 0.1) is 5.82 Å². The van der Waals surface area contributed by atoms with E-state index in [-0.39, 0.29) is 30.7 Å². The Balaban J connectivity index is 1.75. The molecule has 0 N–H and O–H groups in total. The number of carbonyl (C=O) groups excluding carboxylic acids is 1. The van der Waals surface area contributed by atoms with E-state index in [4.69, 9.17) is 32.7 Å². The number of aromatic nitrogens is 1. The molecule has 31 heavy (non-hydrogen) atoms. The molecule has 162 valence electrons. The molecular formula is C24H22Cl2FNO3. The lowest BCUT2D eigenvalue weighted by atomic mass is 9.97. The van der Waals surface area contributed by atoms with Gasteiger partial charge in [-0.1, -0.05) is 35.9 Å². The standard InChI is InChI=1S/C24H22Cl2FNO3/c1-30-21-9-6-18(24(27)23(21)17-3-2-4-19(26)14-17)13-16-5-7-20(28-15-16)8-10-22(29)31-12-11-25/h2-7,9,14-15H,8,10-13H2,1H3. The van der Waals surface area contributed by atoms with Crippen molar-refractivity contribution in [3.63, 3.8) is 0 Å². The van der Waals surface area contributed by atoms with Gasteiger partial charge in [-0.05, 0) is 41.0 Å². The molecule has 0 amide bonds. The lowest BCUT2D eigenvalue weighted by Crippen LogP contribution is -2.08. The molecule has 1 heterocycles. The molecule has 0 radical (unpaired) electrons. The second-order valence-electron chi connectivity index (χ2n) is 6.87. The van der Waals surface area contributed by atoms with Gasteiger partial charge in [0.05, 0.1) is 25.0 Å². The minimum Gasteiger partial charge on any atom is -0.496 e. The Bertz CT molecular complexity index is 1040. The third-order valence-corrected chi connectivity index (χ3v) is 5.11. The summed E-state index contributed by atoms with van der Waals surface area (Å²) in [6.45, 7) is 0.206. The molecular weight excluding hydrogens is 440 g/mol. The number of halogens is 3. The molecule has 0 saturated carbocycles. The molecule has 7 heteroatoms. The van der Waals surface area contributed by atoms with Crippen LogP contribution < -0.4 is 4.74 Å². The van der Waals surface area contributed by atoms with Gasteiger partial charge in [-0.25, -0.2) is 4.39 Å². The molecule has 3 rings (SSSR count). The summed E-state index contributed by atoms with van der Waals surface area (Å²) < 4.78 is 25.7. The number of carbonyl (C=O) groups is 1. The fourth-order valence-corrected chi connectivity index (χ4v) is 3.47. The number of ether oxygens (including phenoxy) is 2. The first kappa shape index (κ1) is 23.0. The summed E-state index contributed by atoms with van der Waals surface area (Å²) in [5, 5.41) is 0.524. The second-order valence-corrected chi connectivity index (χ2v) is 7.68. The summed E-state index contributed by atoms with van der Waals surface area (Å²) in [5.74, 6) is 0.0609. The number of hydrogen-bond donors (Lipinski definition) is 0. The van der Waals surface area contributed by atoms with Gasteiger partial charge >= 0.3 is 5.97 Å². The van der Waals surface area contributed by atoms with Crippen LogP contribution in [0.15, 0.2) is 54.7 Å².